The second kappa shape index (κ2) is 5.97. The summed E-state index contributed by atoms with van der Waals surface area (Å²) in [6, 6.07) is 11.5. The molecule has 104 valence electrons. The number of carbonyl (C=O) groups excluding carboxylic acids is 1. The summed E-state index contributed by atoms with van der Waals surface area (Å²) in [5, 5.41) is 3.65. The third kappa shape index (κ3) is 3.31. The van der Waals surface area contributed by atoms with Crippen LogP contribution >= 0.6 is 11.6 Å². The Morgan fingerprint density at radius 2 is 1.95 bits per heavy atom. The highest BCUT2D eigenvalue weighted by atomic mass is 35.5. The fourth-order valence-electron chi connectivity index (χ4n) is 2.07. The van der Waals surface area contributed by atoms with Crippen LogP contribution in [0.2, 0.25) is 5.02 Å². The average Bonchev–Trinajstić information content (AvgIpc) is 2.39. The lowest BCUT2D eigenvalue weighted by Gasteiger charge is -2.11. The van der Waals surface area contributed by atoms with Crippen LogP contribution in [0.5, 0.6) is 0 Å². The van der Waals surface area contributed by atoms with Gasteiger partial charge in [-0.15, -0.1) is 0 Å². The molecule has 1 amide bonds. The molecule has 0 aliphatic rings. The van der Waals surface area contributed by atoms with E-state index in [2.05, 4.69) is 37.4 Å². The monoisotopic (exact) mass is 288 g/mol. The number of rotatable bonds is 4. The van der Waals surface area contributed by atoms with Gasteiger partial charge in [0.15, 0.2) is 0 Å². The van der Waals surface area contributed by atoms with Crippen LogP contribution in [0.4, 0.5) is 5.69 Å². The molecule has 0 unspecified atom stereocenters. The number of halogens is 1. The van der Waals surface area contributed by atoms with Gasteiger partial charge >= 0.3 is 0 Å². The number of amides is 1. The number of hydrogen-bond acceptors (Lipinski definition) is 2. The number of nitrogens with one attached hydrogen (secondary N) is 1. The fourth-order valence-corrected chi connectivity index (χ4v) is 2.28. The molecule has 2 rings (SSSR count). The van der Waals surface area contributed by atoms with Crippen molar-refractivity contribution in [3.63, 3.8) is 0 Å². The Morgan fingerprint density at radius 3 is 2.60 bits per heavy atom. The number of carbonyl (C=O) groups is 1. The van der Waals surface area contributed by atoms with Gasteiger partial charge in [-0.25, -0.2) is 0 Å². The normalized spacial score (nSPS) is 10.3. The molecule has 0 aliphatic heterocycles. The van der Waals surface area contributed by atoms with Gasteiger partial charge in [-0.05, 0) is 43.2 Å². The van der Waals surface area contributed by atoms with Crippen molar-refractivity contribution >= 4 is 23.2 Å². The minimum absolute atomic E-state index is 0.331. The Hall–Kier alpha value is -2.00. The Morgan fingerprint density at radius 1 is 1.20 bits per heavy atom. The summed E-state index contributed by atoms with van der Waals surface area (Å²) in [6.45, 7) is 4.84. The quantitative estimate of drug-likeness (QED) is 0.902. The van der Waals surface area contributed by atoms with E-state index in [1.54, 1.807) is 12.1 Å². The molecule has 0 fully saturated rings. The number of aryl methyl sites for hydroxylation is 2. The summed E-state index contributed by atoms with van der Waals surface area (Å²) < 4.78 is 0. The first-order valence-electron chi connectivity index (χ1n) is 6.36. The largest absolute Gasteiger partial charge is 0.381 e. The average molecular weight is 289 g/mol. The zero-order valence-corrected chi connectivity index (χ0v) is 12.3. The number of primary amides is 1. The van der Waals surface area contributed by atoms with Crippen molar-refractivity contribution in [2.45, 2.75) is 20.4 Å². The Labute approximate surface area is 123 Å². The van der Waals surface area contributed by atoms with Crippen molar-refractivity contribution in [1.29, 1.82) is 0 Å². The molecule has 0 saturated heterocycles. The maximum Gasteiger partial charge on any atom is 0.250 e. The minimum Gasteiger partial charge on any atom is -0.381 e. The van der Waals surface area contributed by atoms with E-state index in [0.29, 0.717) is 17.1 Å². The molecule has 0 aliphatic carbocycles. The van der Waals surface area contributed by atoms with E-state index in [1.165, 1.54) is 16.7 Å². The van der Waals surface area contributed by atoms with Gasteiger partial charge in [0.05, 0.1) is 10.6 Å². The topological polar surface area (TPSA) is 55.1 Å². The molecular formula is C16H17ClN2O. The van der Waals surface area contributed by atoms with E-state index >= 15 is 0 Å². The number of benzene rings is 2. The first-order valence-corrected chi connectivity index (χ1v) is 6.74. The third-order valence-electron chi connectivity index (χ3n) is 3.21. The van der Waals surface area contributed by atoms with Crippen LogP contribution in [0.25, 0.3) is 0 Å². The molecule has 0 radical (unpaired) electrons. The second-order valence-corrected chi connectivity index (χ2v) is 5.25. The molecule has 0 bridgehead atoms. The zero-order chi connectivity index (χ0) is 14.7. The summed E-state index contributed by atoms with van der Waals surface area (Å²) in [5.41, 5.74) is 10.1. The Balaban J connectivity index is 2.15. The molecule has 0 spiro atoms. The summed E-state index contributed by atoms with van der Waals surface area (Å²) in [6.07, 6.45) is 0. The standard InChI is InChI=1S/C16H17ClN2O/c1-10-3-4-12(11(2)7-10)9-19-13-5-6-15(17)14(8-13)16(18)20/h3-8,19H,9H2,1-2H3,(H2,18,20). The van der Waals surface area contributed by atoms with Crippen LogP contribution in [0, 0.1) is 13.8 Å². The smallest absolute Gasteiger partial charge is 0.250 e. The van der Waals surface area contributed by atoms with Crippen LogP contribution in [0.3, 0.4) is 0 Å². The van der Waals surface area contributed by atoms with Crippen molar-refractivity contribution in [2.24, 2.45) is 5.73 Å². The maximum absolute atomic E-state index is 11.2. The fraction of sp³-hybridized carbons (Fsp3) is 0.188. The SMILES string of the molecule is Cc1ccc(CNc2ccc(Cl)c(C(N)=O)c2)c(C)c1. The predicted molar refractivity (Wildman–Crippen MR) is 83.2 cm³/mol. The van der Waals surface area contributed by atoms with Gasteiger partial charge in [-0.3, -0.25) is 4.79 Å². The van der Waals surface area contributed by atoms with E-state index in [9.17, 15) is 4.79 Å². The molecule has 4 heteroatoms. The molecule has 3 nitrogen and oxygen atoms in total. The van der Waals surface area contributed by atoms with E-state index in [4.69, 9.17) is 17.3 Å². The van der Waals surface area contributed by atoms with Crippen molar-refractivity contribution in [1.82, 2.24) is 0 Å². The second-order valence-electron chi connectivity index (χ2n) is 4.84. The van der Waals surface area contributed by atoms with Crippen molar-refractivity contribution in [3.05, 3.63) is 63.7 Å². The van der Waals surface area contributed by atoms with Gasteiger partial charge in [0, 0.05) is 12.2 Å². The summed E-state index contributed by atoms with van der Waals surface area (Å²) in [4.78, 5) is 11.2. The van der Waals surface area contributed by atoms with Crippen LogP contribution in [-0.4, -0.2) is 5.91 Å². The highest BCUT2D eigenvalue weighted by molar-refractivity contribution is 6.33. The predicted octanol–water partition coefficient (Wildman–Crippen LogP) is 3.67. The first kappa shape index (κ1) is 14.4. The Bertz CT molecular complexity index is 653. The number of hydrogen-bond donors (Lipinski definition) is 2. The zero-order valence-electron chi connectivity index (χ0n) is 11.5. The summed E-state index contributed by atoms with van der Waals surface area (Å²) in [7, 11) is 0. The first-order chi connectivity index (χ1) is 9.47. The highest BCUT2D eigenvalue weighted by Gasteiger charge is 2.07. The summed E-state index contributed by atoms with van der Waals surface area (Å²) >= 11 is 5.92. The molecule has 0 heterocycles. The lowest BCUT2D eigenvalue weighted by atomic mass is 10.1. The third-order valence-corrected chi connectivity index (χ3v) is 3.54. The van der Waals surface area contributed by atoms with Crippen LogP contribution in [0.1, 0.15) is 27.0 Å². The van der Waals surface area contributed by atoms with Gasteiger partial charge in [0.1, 0.15) is 0 Å². The van der Waals surface area contributed by atoms with E-state index in [1.807, 2.05) is 6.07 Å². The van der Waals surface area contributed by atoms with E-state index in [-0.39, 0.29) is 0 Å². The molecule has 3 N–H and O–H groups in total. The van der Waals surface area contributed by atoms with Crippen molar-refractivity contribution in [2.75, 3.05) is 5.32 Å². The van der Waals surface area contributed by atoms with Crippen LogP contribution < -0.4 is 11.1 Å². The molecule has 0 atom stereocenters. The summed E-state index contributed by atoms with van der Waals surface area (Å²) in [5.74, 6) is -0.523. The molecule has 2 aromatic carbocycles. The van der Waals surface area contributed by atoms with Crippen LogP contribution in [-0.2, 0) is 6.54 Å². The molecule has 0 saturated carbocycles. The molecule has 2 aromatic rings. The molecular weight excluding hydrogens is 272 g/mol. The lowest BCUT2D eigenvalue weighted by Crippen LogP contribution is -2.12. The van der Waals surface area contributed by atoms with Gasteiger partial charge in [-0.2, -0.15) is 0 Å². The number of anilines is 1. The Kier molecular flexibility index (Phi) is 4.30. The van der Waals surface area contributed by atoms with Gasteiger partial charge in [0.2, 0.25) is 5.91 Å². The van der Waals surface area contributed by atoms with E-state index < -0.39 is 5.91 Å². The van der Waals surface area contributed by atoms with E-state index in [0.717, 1.165) is 5.69 Å². The highest BCUT2D eigenvalue weighted by Crippen LogP contribution is 2.21. The van der Waals surface area contributed by atoms with Crippen molar-refractivity contribution in [3.8, 4) is 0 Å². The number of nitrogens with two attached hydrogens (primary N) is 1. The minimum atomic E-state index is -0.523. The van der Waals surface area contributed by atoms with Gasteiger partial charge in [-0.1, -0.05) is 35.4 Å². The maximum atomic E-state index is 11.2. The molecule has 0 aromatic heterocycles. The van der Waals surface area contributed by atoms with Crippen molar-refractivity contribution < 1.29 is 4.79 Å². The molecule has 20 heavy (non-hydrogen) atoms. The lowest BCUT2D eigenvalue weighted by molar-refractivity contribution is 0.100. The van der Waals surface area contributed by atoms with Gasteiger partial charge in [0.25, 0.3) is 0 Å². The van der Waals surface area contributed by atoms with Crippen LogP contribution in [0.15, 0.2) is 36.4 Å². The van der Waals surface area contributed by atoms with Gasteiger partial charge < -0.3 is 11.1 Å².